The van der Waals surface area contributed by atoms with E-state index in [0.717, 1.165) is 5.56 Å². The van der Waals surface area contributed by atoms with Crippen molar-refractivity contribution >= 4 is 5.84 Å². The zero-order valence-electron chi connectivity index (χ0n) is 8.98. The summed E-state index contributed by atoms with van der Waals surface area (Å²) in [5, 5.41) is 0. The fourth-order valence-electron chi connectivity index (χ4n) is 1.20. The first-order valence-electron chi connectivity index (χ1n) is 4.97. The summed E-state index contributed by atoms with van der Waals surface area (Å²) in [5.74, 6) is 0.496. The van der Waals surface area contributed by atoms with Gasteiger partial charge in [0.1, 0.15) is 5.84 Å². The van der Waals surface area contributed by atoms with Crippen LogP contribution in [0.25, 0.3) is 0 Å². The second kappa shape index (κ2) is 5.48. The number of nitrogens with zero attached hydrogens (tertiary/aromatic N) is 1. The highest BCUT2D eigenvalue weighted by atomic mass is 14.9. The van der Waals surface area contributed by atoms with Gasteiger partial charge in [-0.25, -0.2) is 0 Å². The number of aliphatic imine (C=N–C) groups is 1. The van der Waals surface area contributed by atoms with Crippen LogP contribution in [0.4, 0.5) is 0 Å². The highest BCUT2D eigenvalue weighted by Crippen LogP contribution is 2.03. The molecule has 0 heterocycles. The van der Waals surface area contributed by atoms with Gasteiger partial charge in [-0.05, 0) is 6.92 Å². The minimum atomic E-state index is -0.0914. The van der Waals surface area contributed by atoms with E-state index < -0.39 is 0 Å². The first kappa shape index (κ1) is 11.7. The molecule has 1 aromatic carbocycles. The number of hydrogen-bond donors (Lipinski definition) is 3. The fourth-order valence-corrected chi connectivity index (χ4v) is 1.20. The van der Waals surface area contributed by atoms with Gasteiger partial charge in [0.15, 0.2) is 0 Å². The van der Waals surface area contributed by atoms with Gasteiger partial charge in [0.25, 0.3) is 0 Å². The fraction of sp³-hybridized carbons (Fsp3) is 0.364. The van der Waals surface area contributed by atoms with Crippen molar-refractivity contribution in [3.05, 3.63) is 35.4 Å². The highest BCUT2D eigenvalue weighted by Gasteiger charge is 2.03. The second-order valence-corrected chi connectivity index (χ2v) is 3.51. The number of nitrogens with two attached hydrogens (primary N) is 3. The van der Waals surface area contributed by atoms with Crippen LogP contribution in [0, 0.1) is 6.92 Å². The molecule has 0 amide bonds. The number of aryl methyl sites for hydroxylation is 1. The molecule has 6 N–H and O–H groups in total. The van der Waals surface area contributed by atoms with Gasteiger partial charge in [0, 0.05) is 18.7 Å². The van der Waals surface area contributed by atoms with E-state index in [9.17, 15) is 0 Å². The zero-order chi connectivity index (χ0) is 11.3. The first-order chi connectivity index (χ1) is 7.17. The maximum Gasteiger partial charge on any atom is 0.125 e. The van der Waals surface area contributed by atoms with Crippen molar-refractivity contribution in [2.24, 2.45) is 22.2 Å². The Kier molecular flexibility index (Phi) is 4.27. The Morgan fingerprint density at radius 3 is 2.20 bits per heavy atom. The van der Waals surface area contributed by atoms with Gasteiger partial charge in [0.2, 0.25) is 0 Å². The molecule has 0 saturated heterocycles. The van der Waals surface area contributed by atoms with Crippen LogP contribution in [0.5, 0.6) is 0 Å². The molecule has 0 saturated carbocycles. The van der Waals surface area contributed by atoms with E-state index in [0.29, 0.717) is 18.9 Å². The molecule has 0 aromatic heterocycles. The second-order valence-electron chi connectivity index (χ2n) is 3.51. The van der Waals surface area contributed by atoms with E-state index in [1.165, 1.54) is 5.56 Å². The molecule has 0 aliphatic rings. The average molecular weight is 206 g/mol. The lowest BCUT2D eigenvalue weighted by Gasteiger charge is -2.08. The number of amidine groups is 1. The molecule has 0 radical (unpaired) electrons. The SMILES string of the molecule is Cc1ccc(C(N)=NC(CN)CN)cc1. The molecule has 82 valence electrons. The van der Waals surface area contributed by atoms with Gasteiger partial charge in [-0.15, -0.1) is 0 Å². The van der Waals surface area contributed by atoms with Crippen LogP contribution >= 0.6 is 0 Å². The zero-order valence-corrected chi connectivity index (χ0v) is 8.98. The smallest absolute Gasteiger partial charge is 0.125 e. The molecule has 1 aromatic rings. The van der Waals surface area contributed by atoms with E-state index >= 15 is 0 Å². The normalized spacial score (nSPS) is 12.1. The largest absolute Gasteiger partial charge is 0.383 e. The topological polar surface area (TPSA) is 90.4 Å². The minimum Gasteiger partial charge on any atom is -0.383 e. The summed E-state index contributed by atoms with van der Waals surface area (Å²) in [4.78, 5) is 4.26. The van der Waals surface area contributed by atoms with Gasteiger partial charge in [-0.1, -0.05) is 29.8 Å². The lowest BCUT2D eigenvalue weighted by atomic mass is 10.1. The summed E-state index contributed by atoms with van der Waals surface area (Å²) in [6.45, 7) is 2.87. The summed E-state index contributed by atoms with van der Waals surface area (Å²) in [5.41, 5.74) is 18.9. The average Bonchev–Trinajstić information content (AvgIpc) is 2.26. The molecule has 0 unspecified atom stereocenters. The van der Waals surface area contributed by atoms with Crippen LogP contribution in [0.1, 0.15) is 11.1 Å². The molecule has 0 bridgehead atoms. The molecule has 0 atom stereocenters. The van der Waals surface area contributed by atoms with Crippen molar-refractivity contribution in [1.29, 1.82) is 0 Å². The predicted molar refractivity (Wildman–Crippen MR) is 63.8 cm³/mol. The molecular weight excluding hydrogens is 188 g/mol. The van der Waals surface area contributed by atoms with Gasteiger partial charge in [-0.3, -0.25) is 4.99 Å². The lowest BCUT2D eigenvalue weighted by molar-refractivity contribution is 0.694. The van der Waals surface area contributed by atoms with E-state index in [1.54, 1.807) is 0 Å². The Labute approximate surface area is 90.2 Å². The van der Waals surface area contributed by atoms with Gasteiger partial charge < -0.3 is 17.2 Å². The minimum absolute atomic E-state index is 0.0914. The van der Waals surface area contributed by atoms with Crippen molar-refractivity contribution in [1.82, 2.24) is 0 Å². The van der Waals surface area contributed by atoms with Crippen molar-refractivity contribution in [3.63, 3.8) is 0 Å². The Hall–Kier alpha value is -1.39. The van der Waals surface area contributed by atoms with E-state index in [1.807, 2.05) is 31.2 Å². The lowest BCUT2D eigenvalue weighted by Crippen LogP contribution is -2.30. The molecule has 0 spiro atoms. The Bertz CT molecular complexity index is 325. The van der Waals surface area contributed by atoms with Crippen molar-refractivity contribution in [2.75, 3.05) is 13.1 Å². The van der Waals surface area contributed by atoms with E-state index in [4.69, 9.17) is 17.2 Å². The summed E-state index contributed by atoms with van der Waals surface area (Å²) in [6.07, 6.45) is 0. The van der Waals surface area contributed by atoms with Crippen molar-refractivity contribution in [2.45, 2.75) is 13.0 Å². The number of rotatable bonds is 4. The Morgan fingerprint density at radius 1 is 1.20 bits per heavy atom. The molecule has 4 heteroatoms. The third-order valence-electron chi connectivity index (χ3n) is 2.21. The van der Waals surface area contributed by atoms with Gasteiger partial charge in [-0.2, -0.15) is 0 Å². The maximum absolute atomic E-state index is 5.84. The Morgan fingerprint density at radius 2 is 1.73 bits per heavy atom. The molecule has 0 fully saturated rings. The number of benzene rings is 1. The molecule has 4 nitrogen and oxygen atoms in total. The molecule has 15 heavy (non-hydrogen) atoms. The summed E-state index contributed by atoms with van der Waals surface area (Å²) in [7, 11) is 0. The van der Waals surface area contributed by atoms with Crippen LogP contribution in [0.15, 0.2) is 29.3 Å². The number of hydrogen-bond acceptors (Lipinski definition) is 3. The van der Waals surface area contributed by atoms with Crippen LogP contribution < -0.4 is 17.2 Å². The van der Waals surface area contributed by atoms with Gasteiger partial charge >= 0.3 is 0 Å². The highest BCUT2D eigenvalue weighted by molar-refractivity contribution is 5.97. The van der Waals surface area contributed by atoms with Crippen LogP contribution in [-0.4, -0.2) is 25.0 Å². The predicted octanol–water partition coefficient (Wildman–Crippen LogP) is -0.0137. The summed E-state index contributed by atoms with van der Waals surface area (Å²) in [6, 6.07) is 7.79. The first-order valence-corrected chi connectivity index (χ1v) is 4.97. The van der Waals surface area contributed by atoms with E-state index in [2.05, 4.69) is 4.99 Å². The summed E-state index contributed by atoms with van der Waals surface area (Å²) < 4.78 is 0. The van der Waals surface area contributed by atoms with Gasteiger partial charge in [0.05, 0.1) is 6.04 Å². The molecule has 0 aliphatic heterocycles. The van der Waals surface area contributed by atoms with Crippen LogP contribution in [0.3, 0.4) is 0 Å². The standard InChI is InChI=1S/C11H18N4/c1-8-2-4-9(5-3-8)11(14)15-10(6-12)7-13/h2-5,10H,6-7,12-13H2,1H3,(H2,14,15). The quantitative estimate of drug-likeness (QED) is 0.478. The van der Waals surface area contributed by atoms with Crippen LogP contribution in [-0.2, 0) is 0 Å². The molecular formula is C11H18N4. The van der Waals surface area contributed by atoms with E-state index in [-0.39, 0.29) is 6.04 Å². The Balaban J connectivity index is 2.83. The van der Waals surface area contributed by atoms with Crippen molar-refractivity contribution in [3.8, 4) is 0 Å². The molecule has 1 rings (SSSR count). The third kappa shape index (κ3) is 3.34. The van der Waals surface area contributed by atoms with Crippen LogP contribution in [0.2, 0.25) is 0 Å². The van der Waals surface area contributed by atoms with Crippen molar-refractivity contribution < 1.29 is 0 Å². The maximum atomic E-state index is 5.84. The third-order valence-corrected chi connectivity index (χ3v) is 2.21. The molecule has 0 aliphatic carbocycles. The summed E-state index contributed by atoms with van der Waals surface area (Å²) >= 11 is 0. The monoisotopic (exact) mass is 206 g/mol.